The molecule has 29 heavy (non-hydrogen) atoms. The van der Waals surface area contributed by atoms with Crippen molar-refractivity contribution in [3.05, 3.63) is 37.4 Å². The van der Waals surface area contributed by atoms with Gasteiger partial charge in [0, 0.05) is 15.1 Å². The lowest BCUT2D eigenvalue weighted by atomic mass is 9.88. The van der Waals surface area contributed by atoms with Gasteiger partial charge in [-0.2, -0.15) is 0 Å². The van der Waals surface area contributed by atoms with Crippen molar-refractivity contribution in [1.29, 1.82) is 0 Å². The molecule has 0 aromatic carbocycles. The quantitative estimate of drug-likeness (QED) is 0.375. The first kappa shape index (κ1) is 20.3. The van der Waals surface area contributed by atoms with Crippen LogP contribution in [-0.4, -0.2) is 24.1 Å². The number of nitrogens with one attached hydrogen (secondary N) is 3. The van der Waals surface area contributed by atoms with Gasteiger partial charge in [0.2, 0.25) is 0 Å². The molecule has 2 aromatic rings. The van der Waals surface area contributed by atoms with E-state index in [4.69, 9.17) is 17.0 Å². The van der Waals surface area contributed by atoms with E-state index < -0.39 is 0 Å². The van der Waals surface area contributed by atoms with Gasteiger partial charge in [0.05, 0.1) is 18.2 Å². The lowest BCUT2D eigenvalue weighted by Crippen LogP contribution is -2.44. The van der Waals surface area contributed by atoms with Crippen molar-refractivity contribution in [1.82, 2.24) is 10.9 Å². The van der Waals surface area contributed by atoms with E-state index in [2.05, 4.69) is 23.1 Å². The normalized spacial score (nSPS) is 17.2. The number of rotatable bonds is 3. The van der Waals surface area contributed by atoms with Gasteiger partial charge in [-0.25, -0.2) is 4.79 Å². The van der Waals surface area contributed by atoms with Gasteiger partial charge in [-0.15, -0.1) is 22.7 Å². The van der Waals surface area contributed by atoms with Crippen LogP contribution in [-0.2, 0) is 30.4 Å². The van der Waals surface area contributed by atoms with Crippen molar-refractivity contribution in [2.45, 2.75) is 45.4 Å². The summed E-state index contributed by atoms with van der Waals surface area (Å²) in [5, 5.41) is 5.88. The molecule has 0 unspecified atom stereocenters. The Labute approximate surface area is 183 Å². The molecular weight excluding hydrogens is 426 g/mol. The largest absolute Gasteiger partial charge is 0.465 e. The number of aryl methyl sites for hydroxylation is 1. The average Bonchev–Trinajstić information content (AvgIpc) is 3.39. The Morgan fingerprint density at radius 3 is 2.79 bits per heavy atom. The number of amides is 1. The summed E-state index contributed by atoms with van der Waals surface area (Å²) in [5.74, 6) is 0.115. The molecule has 0 saturated carbocycles. The Kier molecular flexibility index (Phi) is 5.89. The standard InChI is InChI=1S/C20H23N3O3S3/c1-10-6-7-11-13(9-28-15(11)8-10)17(24)22-23-20(27)21-18-16(19(25)26-2)12-4-3-5-14(12)29-18/h9-10H,3-8H2,1-2H3,(H,22,24)(H2,21,23,27)/t10-/m1/s1. The molecule has 0 spiro atoms. The van der Waals surface area contributed by atoms with E-state index >= 15 is 0 Å². The predicted molar refractivity (Wildman–Crippen MR) is 120 cm³/mol. The molecule has 1 amide bonds. The minimum atomic E-state index is -0.363. The van der Waals surface area contributed by atoms with Gasteiger partial charge < -0.3 is 10.1 Å². The maximum absolute atomic E-state index is 12.6. The molecule has 3 N–H and O–H groups in total. The fraction of sp³-hybridized carbons (Fsp3) is 0.450. The summed E-state index contributed by atoms with van der Waals surface area (Å²) in [5.41, 5.74) is 8.93. The van der Waals surface area contributed by atoms with Crippen LogP contribution < -0.4 is 16.2 Å². The molecule has 0 saturated heterocycles. The van der Waals surface area contributed by atoms with Gasteiger partial charge in [0.1, 0.15) is 5.00 Å². The van der Waals surface area contributed by atoms with Gasteiger partial charge >= 0.3 is 5.97 Å². The van der Waals surface area contributed by atoms with Crippen LogP contribution in [0.3, 0.4) is 0 Å². The van der Waals surface area contributed by atoms with Crippen molar-refractivity contribution in [3.63, 3.8) is 0 Å². The number of hydrogen-bond acceptors (Lipinski definition) is 6. The van der Waals surface area contributed by atoms with Crippen LogP contribution in [0.4, 0.5) is 5.00 Å². The molecule has 0 radical (unpaired) electrons. The van der Waals surface area contributed by atoms with E-state index in [9.17, 15) is 9.59 Å². The summed E-state index contributed by atoms with van der Waals surface area (Å²) in [7, 11) is 1.38. The van der Waals surface area contributed by atoms with Gasteiger partial charge in [0.15, 0.2) is 5.11 Å². The van der Waals surface area contributed by atoms with Crippen LogP contribution in [0.15, 0.2) is 5.38 Å². The van der Waals surface area contributed by atoms with E-state index in [0.717, 1.165) is 55.2 Å². The summed E-state index contributed by atoms with van der Waals surface area (Å²) >= 11 is 8.51. The molecule has 154 valence electrons. The molecule has 2 aliphatic carbocycles. The zero-order valence-corrected chi connectivity index (χ0v) is 18.8. The van der Waals surface area contributed by atoms with Crippen molar-refractivity contribution >= 4 is 56.9 Å². The van der Waals surface area contributed by atoms with Gasteiger partial charge in [0.25, 0.3) is 5.91 Å². The van der Waals surface area contributed by atoms with Crippen LogP contribution in [0.1, 0.15) is 61.4 Å². The van der Waals surface area contributed by atoms with Crippen LogP contribution in [0.25, 0.3) is 0 Å². The summed E-state index contributed by atoms with van der Waals surface area (Å²) in [6.45, 7) is 2.25. The topological polar surface area (TPSA) is 79.5 Å². The maximum Gasteiger partial charge on any atom is 0.341 e. The number of esters is 1. The summed E-state index contributed by atoms with van der Waals surface area (Å²) in [6.07, 6.45) is 5.97. The zero-order chi connectivity index (χ0) is 20.5. The maximum atomic E-state index is 12.6. The van der Waals surface area contributed by atoms with Crippen LogP contribution >= 0.6 is 34.9 Å². The van der Waals surface area contributed by atoms with Gasteiger partial charge in [-0.1, -0.05) is 6.92 Å². The number of carbonyl (C=O) groups excluding carboxylic acids is 2. The fourth-order valence-corrected chi connectivity index (χ4v) is 6.74. The number of thiophene rings is 2. The molecule has 0 bridgehead atoms. The third-order valence-electron chi connectivity index (χ3n) is 5.47. The minimum absolute atomic E-state index is 0.192. The Bertz CT molecular complexity index is 979. The Morgan fingerprint density at radius 1 is 1.17 bits per heavy atom. The molecule has 0 aliphatic heterocycles. The van der Waals surface area contributed by atoms with Gasteiger partial charge in [-0.05, 0) is 67.8 Å². The second kappa shape index (κ2) is 8.41. The number of anilines is 1. The minimum Gasteiger partial charge on any atom is -0.465 e. The molecule has 6 nitrogen and oxygen atoms in total. The Morgan fingerprint density at radius 2 is 2.00 bits per heavy atom. The highest BCUT2D eigenvalue weighted by molar-refractivity contribution is 7.80. The van der Waals surface area contributed by atoms with Crippen molar-refractivity contribution in [2.75, 3.05) is 12.4 Å². The molecule has 4 rings (SSSR count). The van der Waals surface area contributed by atoms with E-state index in [0.29, 0.717) is 16.5 Å². The Hall–Kier alpha value is -1.97. The highest BCUT2D eigenvalue weighted by Gasteiger charge is 2.28. The number of fused-ring (bicyclic) bond motifs is 2. The van der Waals surface area contributed by atoms with E-state index in [1.807, 2.05) is 5.38 Å². The molecule has 0 fully saturated rings. The summed E-state index contributed by atoms with van der Waals surface area (Å²) < 4.78 is 4.95. The number of carbonyl (C=O) groups is 2. The van der Waals surface area contributed by atoms with E-state index in [-0.39, 0.29) is 17.0 Å². The molecule has 2 aliphatic rings. The molecule has 9 heteroatoms. The second-order valence-electron chi connectivity index (χ2n) is 7.49. The number of thiocarbonyl (C=S) groups is 1. The third kappa shape index (κ3) is 4.04. The SMILES string of the molecule is COC(=O)c1c(NC(=S)NNC(=O)c2csc3c2CC[C@@H](C)C3)sc2c1CCC2. The number of hydrazine groups is 1. The van der Waals surface area contributed by atoms with Crippen LogP contribution in [0.2, 0.25) is 0 Å². The second-order valence-corrected chi connectivity index (χ2v) is 9.96. The van der Waals surface area contributed by atoms with Crippen molar-refractivity contribution in [2.24, 2.45) is 5.92 Å². The lowest BCUT2D eigenvalue weighted by molar-refractivity contribution is 0.0601. The highest BCUT2D eigenvalue weighted by Crippen LogP contribution is 2.39. The monoisotopic (exact) mass is 449 g/mol. The van der Waals surface area contributed by atoms with Crippen molar-refractivity contribution < 1.29 is 14.3 Å². The lowest BCUT2D eigenvalue weighted by Gasteiger charge is -2.19. The van der Waals surface area contributed by atoms with Crippen LogP contribution in [0.5, 0.6) is 0 Å². The first-order valence-corrected chi connectivity index (χ1v) is 11.8. The predicted octanol–water partition coefficient (Wildman–Crippen LogP) is 3.84. The first-order valence-electron chi connectivity index (χ1n) is 9.67. The zero-order valence-electron chi connectivity index (χ0n) is 16.3. The summed E-state index contributed by atoms with van der Waals surface area (Å²) in [6, 6.07) is 0. The number of methoxy groups -OCH3 is 1. The van der Waals surface area contributed by atoms with E-state index in [1.54, 1.807) is 11.3 Å². The third-order valence-corrected chi connectivity index (χ3v) is 7.94. The smallest absolute Gasteiger partial charge is 0.341 e. The van der Waals surface area contributed by atoms with E-state index in [1.165, 1.54) is 28.2 Å². The molecule has 2 aromatic heterocycles. The molecule has 1 atom stereocenters. The molecular formula is C20H23N3O3S3. The van der Waals surface area contributed by atoms with Gasteiger partial charge in [-0.3, -0.25) is 15.6 Å². The Balaban J connectivity index is 1.40. The van der Waals surface area contributed by atoms with Crippen LogP contribution in [0, 0.1) is 5.92 Å². The number of hydrogen-bond donors (Lipinski definition) is 3. The van der Waals surface area contributed by atoms with Crippen molar-refractivity contribution in [3.8, 4) is 0 Å². The summed E-state index contributed by atoms with van der Waals surface area (Å²) in [4.78, 5) is 27.4. The molecule has 2 heterocycles. The first-order chi connectivity index (χ1) is 14.0. The number of ether oxygens (including phenoxy) is 1. The fourth-order valence-electron chi connectivity index (χ4n) is 3.99. The highest BCUT2D eigenvalue weighted by atomic mass is 32.1. The average molecular weight is 450 g/mol.